The molecule has 1 saturated heterocycles. The lowest BCUT2D eigenvalue weighted by atomic mass is 10.2. The minimum atomic E-state index is -0.0835. The third kappa shape index (κ3) is 2.79. The van der Waals surface area contributed by atoms with Crippen LogP contribution >= 0.6 is 15.9 Å². The summed E-state index contributed by atoms with van der Waals surface area (Å²) in [5.74, 6) is 0.650. The van der Waals surface area contributed by atoms with Gasteiger partial charge in [0, 0.05) is 24.0 Å². The Morgan fingerprint density at radius 2 is 2.20 bits per heavy atom. The van der Waals surface area contributed by atoms with E-state index in [2.05, 4.69) is 20.8 Å². The number of benzene rings is 1. The fourth-order valence-corrected chi connectivity index (χ4v) is 2.58. The van der Waals surface area contributed by atoms with Gasteiger partial charge in [0.15, 0.2) is 0 Å². The summed E-state index contributed by atoms with van der Waals surface area (Å²) in [6.45, 7) is 2.92. The third-order valence-corrected chi connectivity index (χ3v) is 3.86. The second-order valence-corrected chi connectivity index (χ2v) is 4.78. The highest BCUT2D eigenvalue weighted by Crippen LogP contribution is 2.20. The van der Waals surface area contributed by atoms with Crippen LogP contribution in [0.15, 0.2) is 24.3 Å². The van der Waals surface area contributed by atoms with Crippen LogP contribution in [0.5, 0.6) is 0 Å². The van der Waals surface area contributed by atoms with E-state index in [-0.39, 0.29) is 5.82 Å². The lowest BCUT2D eigenvalue weighted by molar-refractivity contribution is 0.316. The monoisotopic (exact) mass is 271 g/mol. The Bertz CT molecular complexity index is 329. The smallest absolute Gasteiger partial charge is 0.127 e. The predicted octanol–water partition coefficient (Wildman–Crippen LogP) is 3.04. The third-order valence-electron chi connectivity index (χ3n) is 2.94. The second kappa shape index (κ2) is 5.08. The molecule has 0 spiro atoms. The number of likely N-dealkylation sites (tertiary alicyclic amines) is 1. The molecule has 1 nitrogen and oxygen atoms in total. The van der Waals surface area contributed by atoms with Gasteiger partial charge in [-0.2, -0.15) is 0 Å². The largest absolute Gasteiger partial charge is 0.299 e. The zero-order valence-corrected chi connectivity index (χ0v) is 10.2. The summed E-state index contributed by atoms with van der Waals surface area (Å²) in [5, 5.41) is 1.06. The first-order valence-electron chi connectivity index (χ1n) is 5.31. The highest BCUT2D eigenvalue weighted by Gasteiger charge is 2.21. The molecular formula is C12H15BrFN. The van der Waals surface area contributed by atoms with E-state index in [0.29, 0.717) is 0 Å². The van der Waals surface area contributed by atoms with Crippen molar-refractivity contribution in [2.45, 2.75) is 13.0 Å². The maximum absolute atomic E-state index is 13.4. The van der Waals surface area contributed by atoms with Crippen molar-refractivity contribution < 1.29 is 4.39 Å². The van der Waals surface area contributed by atoms with Crippen molar-refractivity contribution >= 4 is 15.9 Å². The first kappa shape index (κ1) is 11.1. The van der Waals surface area contributed by atoms with Gasteiger partial charge in [-0.15, -0.1) is 0 Å². The number of nitrogens with zero attached hydrogens (tertiary/aromatic N) is 1. The van der Waals surface area contributed by atoms with Crippen molar-refractivity contribution in [3.63, 3.8) is 0 Å². The Morgan fingerprint density at radius 3 is 2.87 bits per heavy atom. The molecule has 0 N–H and O–H groups in total. The van der Waals surface area contributed by atoms with E-state index in [1.807, 2.05) is 12.1 Å². The van der Waals surface area contributed by atoms with Crippen LogP contribution in [-0.2, 0) is 6.54 Å². The summed E-state index contributed by atoms with van der Waals surface area (Å²) < 4.78 is 13.4. The zero-order valence-electron chi connectivity index (χ0n) is 8.63. The van der Waals surface area contributed by atoms with E-state index in [4.69, 9.17) is 0 Å². The molecule has 1 aliphatic heterocycles. The van der Waals surface area contributed by atoms with E-state index in [1.165, 1.54) is 12.5 Å². The summed E-state index contributed by atoms with van der Waals surface area (Å²) in [4.78, 5) is 2.32. The average molecular weight is 272 g/mol. The Morgan fingerprint density at radius 1 is 1.40 bits per heavy atom. The van der Waals surface area contributed by atoms with Gasteiger partial charge in [-0.25, -0.2) is 4.39 Å². The fraction of sp³-hybridized carbons (Fsp3) is 0.500. The molecule has 0 saturated carbocycles. The van der Waals surface area contributed by atoms with E-state index < -0.39 is 0 Å². The molecule has 15 heavy (non-hydrogen) atoms. The summed E-state index contributed by atoms with van der Waals surface area (Å²) >= 11 is 3.50. The Labute approximate surface area is 98.4 Å². The highest BCUT2D eigenvalue weighted by molar-refractivity contribution is 9.09. The van der Waals surface area contributed by atoms with Gasteiger partial charge in [0.05, 0.1) is 0 Å². The first-order valence-corrected chi connectivity index (χ1v) is 6.43. The van der Waals surface area contributed by atoms with Crippen LogP contribution < -0.4 is 0 Å². The van der Waals surface area contributed by atoms with Gasteiger partial charge in [0.2, 0.25) is 0 Å². The highest BCUT2D eigenvalue weighted by atomic mass is 79.9. The van der Waals surface area contributed by atoms with Gasteiger partial charge in [-0.3, -0.25) is 4.90 Å². The number of rotatable bonds is 3. The Kier molecular flexibility index (Phi) is 3.76. The number of halogens is 2. The molecular weight excluding hydrogens is 257 g/mol. The molecule has 1 aliphatic rings. The van der Waals surface area contributed by atoms with Gasteiger partial charge in [0.1, 0.15) is 5.82 Å². The molecule has 0 aromatic heterocycles. The average Bonchev–Trinajstić information content (AvgIpc) is 2.69. The van der Waals surface area contributed by atoms with Gasteiger partial charge in [-0.05, 0) is 24.9 Å². The van der Waals surface area contributed by atoms with E-state index in [0.717, 1.165) is 36.4 Å². The van der Waals surface area contributed by atoms with Crippen molar-refractivity contribution in [1.82, 2.24) is 4.90 Å². The zero-order chi connectivity index (χ0) is 10.7. The summed E-state index contributed by atoms with van der Waals surface area (Å²) in [5.41, 5.74) is 0.813. The SMILES string of the molecule is Fc1ccccc1CN1CCC(CBr)C1. The number of alkyl halides is 1. The van der Waals surface area contributed by atoms with Crippen LogP contribution in [-0.4, -0.2) is 23.3 Å². The van der Waals surface area contributed by atoms with E-state index in [1.54, 1.807) is 6.07 Å². The molecule has 1 fully saturated rings. The van der Waals surface area contributed by atoms with Crippen LogP contribution in [0.1, 0.15) is 12.0 Å². The van der Waals surface area contributed by atoms with Gasteiger partial charge in [-0.1, -0.05) is 34.1 Å². The molecule has 0 bridgehead atoms. The molecule has 2 rings (SSSR count). The second-order valence-electron chi connectivity index (χ2n) is 4.14. The minimum absolute atomic E-state index is 0.0835. The molecule has 82 valence electrons. The molecule has 0 amide bonds. The summed E-state index contributed by atoms with van der Waals surface area (Å²) in [6.07, 6.45) is 1.22. The normalized spacial score (nSPS) is 22.1. The van der Waals surface area contributed by atoms with Crippen molar-refractivity contribution in [3.8, 4) is 0 Å². The summed E-state index contributed by atoms with van der Waals surface area (Å²) in [7, 11) is 0. The van der Waals surface area contributed by atoms with Crippen LogP contribution in [0.3, 0.4) is 0 Å². The van der Waals surface area contributed by atoms with Crippen LogP contribution in [0.25, 0.3) is 0 Å². The molecule has 0 aliphatic carbocycles. The van der Waals surface area contributed by atoms with Gasteiger partial charge >= 0.3 is 0 Å². The predicted molar refractivity (Wildman–Crippen MR) is 63.6 cm³/mol. The molecule has 1 aromatic rings. The van der Waals surface area contributed by atoms with Gasteiger partial charge in [0.25, 0.3) is 0 Å². The summed E-state index contributed by atoms with van der Waals surface area (Å²) in [6, 6.07) is 7.05. The number of hydrogen-bond acceptors (Lipinski definition) is 1. The lowest BCUT2D eigenvalue weighted by Gasteiger charge is -2.15. The Balaban J connectivity index is 1.96. The lowest BCUT2D eigenvalue weighted by Crippen LogP contribution is -2.21. The van der Waals surface area contributed by atoms with Crippen molar-refractivity contribution in [3.05, 3.63) is 35.6 Å². The maximum Gasteiger partial charge on any atom is 0.127 e. The minimum Gasteiger partial charge on any atom is -0.299 e. The van der Waals surface area contributed by atoms with Crippen LogP contribution in [0, 0.1) is 11.7 Å². The number of hydrogen-bond donors (Lipinski definition) is 0. The topological polar surface area (TPSA) is 3.24 Å². The first-order chi connectivity index (χ1) is 7.29. The molecule has 3 heteroatoms. The Hall–Kier alpha value is -0.410. The molecule has 1 atom stereocenters. The van der Waals surface area contributed by atoms with E-state index >= 15 is 0 Å². The molecule has 1 heterocycles. The van der Waals surface area contributed by atoms with Crippen molar-refractivity contribution in [2.24, 2.45) is 5.92 Å². The molecule has 1 aromatic carbocycles. The van der Waals surface area contributed by atoms with Crippen molar-refractivity contribution in [2.75, 3.05) is 18.4 Å². The van der Waals surface area contributed by atoms with E-state index in [9.17, 15) is 4.39 Å². The van der Waals surface area contributed by atoms with Gasteiger partial charge < -0.3 is 0 Å². The fourth-order valence-electron chi connectivity index (χ4n) is 2.05. The van der Waals surface area contributed by atoms with Crippen molar-refractivity contribution in [1.29, 1.82) is 0 Å². The maximum atomic E-state index is 13.4. The molecule has 0 radical (unpaired) electrons. The van der Waals surface area contributed by atoms with Crippen LogP contribution in [0.4, 0.5) is 4.39 Å². The quantitative estimate of drug-likeness (QED) is 0.764. The molecule has 1 unspecified atom stereocenters. The van der Waals surface area contributed by atoms with Crippen LogP contribution in [0.2, 0.25) is 0 Å². The standard InChI is InChI=1S/C12H15BrFN/c13-7-10-5-6-15(8-10)9-11-3-1-2-4-12(11)14/h1-4,10H,5-9H2.